The average molecular weight is 195 g/mol. The van der Waals surface area contributed by atoms with Crippen molar-refractivity contribution in [3.63, 3.8) is 0 Å². The van der Waals surface area contributed by atoms with Crippen molar-refractivity contribution >= 4 is 0 Å². The maximum atomic E-state index is 10.1. The second-order valence-corrected chi connectivity index (χ2v) is 3.88. The number of aliphatic hydroxyl groups is 1. The predicted molar refractivity (Wildman–Crippen MR) is 55.7 cm³/mol. The monoisotopic (exact) mass is 195 g/mol. The molecule has 0 aliphatic heterocycles. The molecular weight excluding hydrogens is 178 g/mol. The Morgan fingerprint density at radius 2 is 2.50 bits per heavy atom. The molecule has 1 aliphatic carbocycles. The van der Waals surface area contributed by atoms with E-state index in [-0.39, 0.29) is 0 Å². The van der Waals surface area contributed by atoms with E-state index in [1.54, 1.807) is 6.08 Å². The lowest BCUT2D eigenvalue weighted by Gasteiger charge is -2.26. The van der Waals surface area contributed by atoms with Crippen LogP contribution in [0.5, 0.6) is 0 Å². The second kappa shape index (κ2) is 5.03. The van der Waals surface area contributed by atoms with Crippen LogP contribution in [0.2, 0.25) is 0 Å². The third kappa shape index (κ3) is 2.50. The molecule has 78 valence electrons. The fourth-order valence-corrected chi connectivity index (χ4v) is 2.20. The molecule has 0 aromatic rings. The van der Waals surface area contributed by atoms with Crippen molar-refractivity contribution in [2.24, 2.45) is 11.0 Å². The van der Waals surface area contributed by atoms with E-state index < -0.39 is 5.60 Å². The highest BCUT2D eigenvalue weighted by Gasteiger charge is 2.37. The zero-order valence-corrected chi connectivity index (χ0v) is 8.39. The molecule has 0 spiro atoms. The summed E-state index contributed by atoms with van der Waals surface area (Å²) in [7, 11) is 0. The van der Waals surface area contributed by atoms with Gasteiger partial charge in [-0.3, -0.25) is 0 Å². The van der Waals surface area contributed by atoms with Crippen molar-refractivity contribution in [1.29, 1.82) is 0 Å². The first kappa shape index (κ1) is 11.1. The second-order valence-electron chi connectivity index (χ2n) is 3.88. The number of nitrogens with zero attached hydrogens (tertiary/aromatic N) is 3. The largest absolute Gasteiger partial charge is 0.386 e. The number of hydrogen-bond donors (Lipinski definition) is 1. The first-order valence-electron chi connectivity index (χ1n) is 5.10. The Labute approximate surface area is 84.3 Å². The molecule has 1 aliphatic rings. The first-order chi connectivity index (χ1) is 6.73. The van der Waals surface area contributed by atoms with Gasteiger partial charge in [0, 0.05) is 11.5 Å². The minimum absolute atomic E-state index is 0.300. The summed E-state index contributed by atoms with van der Waals surface area (Å²) >= 11 is 0. The smallest absolute Gasteiger partial charge is 0.0853 e. The number of hydrogen-bond acceptors (Lipinski definition) is 2. The molecule has 2 atom stereocenters. The average Bonchev–Trinajstić information content (AvgIpc) is 2.56. The standard InChI is InChI=1S/C10H17N3O/c1-2-10(14)7-3-5-9(10)6-4-8-12-13-11/h2,9,14H,1,3-8H2/t9-,10+/m1/s1. The van der Waals surface area contributed by atoms with Crippen LogP contribution in [0.1, 0.15) is 32.1 Å². The summed E-state index contributed by atoms with van der Waals surface area (Å²) in [5.41, 5.74) is 7.43. The predicted octanol–water partition coefficient (Wildman–Crippen LogP) is 2.79. The first-order valence-corrected chi connectivity index (χ1v) is 5.10. The highest BCUT2D eigenvalue weighted by atomic mass is 16.3. The van der Waals surface area contributed by atoms with Gasteiger partial charge >= 0.3 is 0 Å². The summed E-state index contributed by atoms with van der Waals surface area (Å²) < 4.78 is 0. The maximum Gasteiger partial charge on any atom is 0.0853 e. The lowest BCUT2D eigenvalue weighted by atomic mass is 9.87. The summed E-state index contributed by atoms with van der Waals surface area (Å²) in [5.74, 6) is 0.300. The molecule has 1 rings (SSSR count). The molecule has 1 saturated carbocycles. The highest BCUT2D eigenvalue weighted by molar-refractivity contribution is 5.04. The van der Waals surface area contributed by atoms with Crippen molar-refractivity contribution in [2.45, 2.75) is 37.7 Å². The van der Waals surface area contributed by atoms with Crippen molar-refractivity contribution in [3.05, 3.63) is 23.1 Å². The molecule has 4 nitrogen and oxygen atoms in total. The van der Waals surface area contributed by atoms with Crippen LogP contribution < -0.4 is 0 Å². The molecule has 0 unspecified atom stereocenters. The molecule has 0 heterocycles. The molecule has 0 radical (unpaired) electrons. The van der Waals surface area contributed by atoms with E-state index in [2.05, 4.69) is 16.6 Å². The van der Waals surface area contributed by atoms with E-state index in [1.807, 2.05) is 0 Å². The third-order valence-corrected chi connectivity index (χ3v) is 3.06. The fraction of sp³-hybridized carbons (Fsp3) is 0.800. The summed E-state index contributed by atoms with van der Waals surface area (Å²) in [6, 6.07) is 0. The zero-order valence-electron chi connectivity index (χ0n) is 8.39. The summed E-state index contributed by atoms with van der Waals surface area (Å²) in [6.07, 6.45) is 6.38. The Balaban J connectivity index is 2.36. The molecule has 0 bridgehead atoms. The lowest BCUT2D eigenvalue weighted by Crippen LogP contribution is -2.30. The van der Waals surface area contributed by atoms with E-state index >= 15 is 0 Å². The van der Waals surface area contributed by atoms with Gasteiger partial charge in [0.1, 0.15) is 0 Å². The normalized spacial score (nSPS) is 31.1. The Morgan fingerprint density at radius 3 is 3.14 bits per heavy atom. The fourth-order valence-electron chi connectivity index (χ4n) is 2.20. The van der Waals surface area contributed by atoms with Crippen LogP contribution in [0, 0.1) is 5.92 Å². The van der Waals surface area contributed by atoms with Crippen molar-refractivity contribution in [1.82, 2.24) is 0 Å². The van der Waals surface area contributed by atoms with E-state index in [1.165, 1.54) is 0 Å². The van der Waals surface area contributed by atoms with Crippen LogP contribution in [0.3, 0.4) is 0 Å². The van der Waals surface area contributed by atoms with Crippen molar-refractivity contribution in [2.75, 3.05) is 6.54 Å². The minimum Gasteiger partial charge on any atom is -0.386 e. The molecule has 0 aromatic carbocycles. The van der Waals surface area contributed by atoms with Gasteiger partial charge in [-0.1, -0.05) is 11.2 Å². The van der Waals surface area contributed by atoms with Crippen molar-refractivity contribution in [3.8, 4) is 0 Å². The van der Waals surface area contributed by atoms with Crippen LogP contribution in [-0.4, -0.2) is 17.3 Å². The van der Waals surface area contributed by atoms with Gasteiger partial charge in [0.25, 0.3) is 0 Å². The van der Waals surface area contributed by atoms with Crippen LogP contribution in [-0.2, 0) is 0 Å². The molecule has 4 heteroatoms. The van der Waals surface area contributed by atoms with Gasteiger partial charge in [0.15, 0.2) is 0 Å². The molecule has 1 N–H and O–H groups in total. The van der Waals surface area contributed by atoms with Gasteiger partial charge in [0.05, 0.1) is 5.60 Å². The highest BCUT2D eigenvalue weighted by Crippen LogP contribution is 2.39. The third-order valence-electron chi connectivity index (χ3n) is 3.06. The van der Waals surface area contributed by atoms with Gasteiger partial charge in [-0.15, -0.1) is 6.58 Å². The lowest BCUT2D eigenvalue weighted by molar-refractivity contribution is 0.0471. The van der Waals surface area contributed by atoms with Crippen molar-refractivity contribution < 1.29 is 5.11 Å². The molecule has 0 saturated heterocycles. The Kier molecular flexibility index (Phi) is 3.98. The quantitative estimate of drug-likeness (QED) is 0.237. The maximum absolute atomic E-state index is 10.1. The SMILES string of the molecule is C=C[C@]1(O)CCC[C@@H]1CCCN=[N+]=[N-]. The molecule has 14 heavy (non-hydrogen) atoms. The Morgan fingerprint density at radius 1 is 1.71 bits per heavy atom. The minimum atomic E-state index is -0.670. The van der Waals surface area contributed by atoms with Crippen LogP contribution in [0.25, 0.3) is 10.4 Å². The van der Waals surface area contributed by atoms with Crippen LogP contribution in [0.15, 0.2) is 17.8 Å². The summed E-state index contributed by atoms with van der Waals surface area (Å²) in [6.45, 7) is 4.21. The van der Waals surface area contributed by atoms with Crippen LogP contribution in [0.4, 0.5) is 0 Å². The summed E-state index contributed by atoms with van der Waals surface area (Å²) in [5, 5.41) is 13.6. The topological polar surface area (TPSA) is 69.0 Å². The van der Waals surface area contributed by atoms with Gasteiger partial charge < -0.3 is 5.11 Å². The van der Waals surface area contributed by atoms with E-state index in [0.717, 1.165) is 32.1 Å². The van der Waals surface area contributed by atoms with E-state index in [4.69, 9.17) is 5.53 Å². The zero-order chi connectivity index (χ0) is 10.4. The van der Waals surface area contributed by atoms with Gasteiger partial charge in [-0.25, -0.2) is 0 Å². The van der Waals surface area contributed by atoms with Gasteiger partial charge in [-0.2, -0.15) is 0 Å². The van der Waals surface area contributed by atoms with E-state index in [9.17, 15) is 5.11 Å². The van der Waals surface area contributed by atoms with Gasteiger partial charge in [0.2, 0.25) is 0 Å². The molecule has 1 fully saturated rings. The summed E-state index contributed by atoms with van der Waals surface area (Å²) in [4.78, 5) is 2.70. The Hall–Kier alpha value is -0.990. The van der Waals surface area contributed by atoms with Crippen LogP contribution >= 0.6 is 0 Å². The number of rotatable bonds is 5. The Bertz CT molecular complexity index is 248. The van der Waals surface area contributed by atoms with E-state index in [0.29, 0.717) is 12.5 Å². The molecule has 0 aromatic heterocycles. The molecular formula is C10H17N3O. The van der Waals surface area contributed by atoms with Gasteiger partial charge in [-0.05, 0) is 43.6 Å². The molecule has 0 amide bonds. The number of azide groups is 1.